The lowest BCUT2D eigenvalue weighted by atomic mass is 9.81. The van der Waals surface area contributed by atoms with Crippen LogP contribution in [0.5, 0.6) is 0 Å². The number of nitrogens with zero attached hydrogens (tertiary/aromatic N) is 1. The lowest BCUT2D eigenvalue weighted by Gasteiger charge is -2.29. The highest BCUT2D eigenvalue weighted by atomic mass is 15.1. The molecule has 9 aromatic rings. The largest absolute Gasteiger partial charge is 0.310 e. The zero-order chi connectivity index (χ0) is 40.1. The van der Waals surface area contributed by atoms with Crippen LogP contribution < -0.4 is 4.90 Å². The molecule has 0 heterocycles. The molecule has 0 atom stereocenters. The fraction of sp³-hybridized carbons (Fsp3) is 0.0690. The first kappa shape index (κ1) is 36.1. The van der Waals surface area contributed by atoms with Crippen LogP contribution in [0.3, 0.4) is 0 Å². The van der Waals surface area contributed by atoms with Crippen molar-refractivity contribution in [3.05, 3.63) is 235 Å². The first-order chi connectivity index (χ1) is 28.9. The van der Waals surface area contributed by atoms with Crippen LogP contribution in [0.4, 0.5) is 11.4 Å². The molecule has 0 aromatic heterocycles. The lowest BCUT2D eigenvalue weighted by molar-refractivity contribution is 0.660. The molecule has 0 fully saturated rings. The van der Waals surface area contributed by atoms with Gasteiger partial charge in [-0.1, -0.05) is 196 Å². The van der Waals surface area contributed by atoms with Gasteiger partial charge in [-0.15, -0.1) is 0 Å². The molecule has 10 rings (SSSR count). The highest BCUT2D eigenvalue weighted by molar-refractivity contribution is 6.04. The molecule has 1 aliphatic carbocycles. The van der Waals surface area contributed by atoms with Crippen molar-refractivity contribution in [3.8, 4) is 55.6 Å². The third-order valence-corrected chi connectivity index (χ3v) is 12.4. The Balaban J connectivity index is 1.07. The third-order valence-electron chi connectivity index (χ3n) is 12.4. The monoisotopic (exact) mass is 755 g/mol. The van der Waals surface area contributed by atoms with Crippen LogP contribution in [0, 0.1) is 6.92 Å². The summed E-state index contributed by atoms with van der Waals surface area (Å²) in [5, 5.41) is 2.48. The van der Waals surface area contributed by atoms with Crippen molar-refractivity contribution in [1.29, 1.82) is 0 Å². The number of hydrogen-bond acceptors (Lipinski definition) is 1. The van der Waals surface area contributed by atoms with E-state index in [0.717, 1.165) is 22.6 Å². The van der Waals surface area contributed by atoms with Crippen LogP contribution in [0.25, 0.3) is 72.1 Å². The highest BCUT2D eigenvalue weighted by Gasteiger charge is 2.35. The van der Waals surface area contributed by atoms with Gasteiger partial charge in [0.15, 0.2) is 0 Å². The summed E-state index contributed by atoms with van der Waals surface area (Å²) < 4.78 is 0. The van der Waals surface area contributed by atoms with E-state index in [2.05, 4.69) is 232 Å². The maximum absolute atomic E-state index is 4.84. The van der Waals surface area contributed by atoms with Crippen molar-refractivity contribution >= 4 is 27.8 Å². The van der Waals surface area contributed by atoms with Gasteiger partial charge < -0.3 is 4.90 Å². The fourth-order valence-corrected chi connectivity index (χ4v) is 9.33. The Morgan fingerprint density at radius 2 is 0.983 bits per heavy atom. The molecule has 1 nitrogen and oxygen atoms in total. The van der Waals surface area contributed by atoms with E-state index in [9.17, 15) is 0 Å². The van der Waals surface area contributed by atoms with Gasteiger partial charge in [-0.2, -0.15) is 0 Å². The van der Waals surface area contributed by atoms with Gasteiger partial charge in [0, 0.05) is 28.1 Å². The standard InChI is InChI=1S/C58H45N/c1-39-16-8-10-20-48(39)52-23-13-12-21-49(52)40(2)59(46-32-26-41(27-33-46)45-31-37-54-53-24-14-15-25-55(53)58(3,4)56(54)38-45)47-34-28-43(29-35-47)51-36-30-42-17-9-11-22-50(42)57(51)44-18-6-5-7-19-44/h5-38H,2H2,1,3-4H3. The Morgan fingerprint density at radius 1 is 0.424 bits per heavy atom. The van der Waals surface area contributed by atoms with E-state index in [1.165, 1.54) is 83.1 Å². The minimum absolute atomic E-state index is 0.0538. The lowest BCUT2D eigenvalue weighted by Crippen LogP contribution is -2.15. The van der Waals surface area contributed by atoms with Gasteiger partial charge in [-0.05, 0) is 120 Å². The van der Waals surface area contributed by atoms with Crippen molar-refractivity contribution in [2.75, 3.05) is 4.90 Å². The first-order valence-corrected chi connectivity index (χ1v) is 20.5. The van der Waals surface area contributed by atoms with Gasteiger partial charge in [0.05, 0.1) is 0 Å². The van der Waals surface area contributed by atoms with E-state index >= 15 is 0 Å². The van der Waals surface area contributed by atoms with Gasteiger partial charge in [0.25, 0.3) is 0 Å². The number of benzene rings is 9. The average molecular weight is 756 g/mol. The zero-order valence-electron chi connectivity index (χ0n) is 33.8. The van der Waals surface area contributed by atoms with Crippen molar-refractivity contribution in [1.82, 2.24) is 0 Å². The summed E-state index contributed by atoms with van der Waals surface area (Å²) in [7, 11) is 0. The maximum atomic E-state index is 4.84. The normalized spacial score (nSPS) is 12.5. The second-order valence-electron chi connectivity index (χ2n) is 16.2. The van der Waals surface area contributed by atoms with E-state index < -0.39 is 0 Å². The number of aryl methyl sites for hydroxylation is 1. The topological polar surface area (TPSA) is 3.24 Å². The third kappa shape index (κ3) is 6.27. The van der Waals surface area contributed by atoms with Crippen LogP contribution in [-0.4, -0.2) is 0 Å². The second-order valence-corrected chi connectivity index (χ2v) is 16.2. The predicted octanol–water partition coefficient (Wildman–Crippen LogP) is 15.9. The van der Waals surface area contributed by atoms with Crippen LogP contribution in [0.15, 0.2) is 213 Å². The summed E-state index contributed by atoms with van der Waals surface area (Å²) >= 11 is 0. The smallest absolute Gasteiger partial charge is 0.0468 e. The first-order valence-electron chi connectivity index (χ1n) is 20.5. The summed E-state index contributed by atoms with van der Waals surface area (Å²) in [4.78, 5) is 2.31. The number of rotatable bonds is 8. The number of fused-ring (bicyclic) bond motifs is 4. The zero-order valence-corrected chi connectivity index (χ0v) is 33.8. The second kappa shape index (κ2) is 14.6. The number of hydrogen-bond donors (Lipinski definition) is 0. The summed E-state index contributed by atoms with van der Waals surface area (Å²) in [6, 6.07) is 75.0. The van der Waals surface area contributed by atoms with Crippen LogP contribution >= 0.6 is 0 Å². The summed E-state index contributed by atoms with van der Waals surface area (Å²) in [6.07, 6.45) is 0. The van der Waals surface area contributed by atoms with Crippen LogP contribution in [-0.2, 0) is 5.41 Å². The van der Waals surface area contributed by atoms with E-state index in [0.29, 0.717) is 0 Å². The molecule has 1 aliphatic rings. The summed E-state index contributed by atoms with van der Waals surface area (Å²) in [5.74, 6) is 0. The SMILES string of the molecule is C=C(c1ccccc1-c1ccccc1C)N(c1ccc(-c2ccc3c(c2)C(C)(C)c2ccccc2-3)cc1)c1ccc(-c2ccc3ccccc3c2-c2ccccc2)cc1. The Kier molecular flexibility index (Phi) is 8.96. The molecule has 1 heteroatoms. The van der Waals surface area contributed by atoms with Gasteiger partial charge in [-0.25, -0.2) is 0 Å². The molecule has 0 amide bonds. The molecule has 282 valence electrons. The molecule has 0 saturated heterocycles. The average Bonchev–Trinajstić information content (AvgIpc) is 3.52. The molecule has 9 aromatic carbocycles. The molecule has 0 saturated carbocycles. The van der Waals surface area contributed by atoms with Crippen LogP contribution in [0.2, 0.25) is 0 Å². The molecule has 0 radical (unpaired) electrons. The molecule has 0 N–H and O–H groups in total. The van der Waals surface area contributed by atoms with Crippen molar-refractivity contribution < 1.29 is 0 Å². The van der Waals surface area contributed by atoms with Gasteiger partial charge in [0.2, 0.25) is 0 Å². The Hall–Kier alpha value is -7.22. The predicted molar refractivity (Wildman–Crippen MR) is 252 cm³/mol. The minimum atomic E-state index is -0.0538. The maximum Gasteiger partial charge on any atom is 0.0468 e. The van der Waals surface area contributed by atoms with Gasteiger partial charge in [-0.3, -0.25) is 0 Å². The van der Waals surface area contributed by atoms with E-state index in [4.69, 9.17) is 6.58 Å². The highest BCUT2D eigenvalue weighted by Crippen LogP contribution is 2.50. The Labute approximate surface area is 348 Å². The molecular weight excluding hydrogens is 711 g/mol. The summed E-state index contributed by atoms with van der Waals surface area (Å²) in [6.45, 7) is 11.7. The van der Waals surface area contributed by atoms with Crippen molar-refractivity contribution in [2.45, 2.75) is 26.2 Å². The molecule has 0 unspecified atom stereocenters. The summed E-state index contributed by atoms with van der Waals surface area (Å²) in [5.41, 5.74) is 20.4. The quantitative estimate of drug-likeness (QED) is 0.149. The molecule has 0 aliphatic heterocycles. The van der Waals surface area contributed by atoms with Gasteiger partial charge >= 0.3 is 0 Å². The van der Waals surface area contributed by atoms with E-state index in [1.807, 2.05) is 0 Å². The van der Waals surface area contributed by atoms with Crippen molar-refractivity contribution in [3.63, 3.8) is 0 Å². The van der Waals surface area contributed by atoms with E-state index in [1.54, 1.807) is 0 Å². The minimum Gasteiger partial charge on any atom is -0.310 e. The fourth-order valence-electron chi connectivity index (χ4n) is 9.33. The Bertz CT molecular complexity index is 3020. The van der Waals surface area contributed by atoms with Crippen molar-refractivity contribution in [2.24, 2.45) is 0 Å². The molecule has 0 spiro atoms. The Morgan fingerprint density at radius 3 is 1.73 bits per heavy atom. The molecule has 0 bridgehead atoms. The molecular formula is C58H45N. The molecule has 59 heavy (non-hydrogen) atoms. The van der Waals surface area contributed by atoms with Crippen LogP contribution in [0.1, 0.15) is 36.1 Å². The van der Waals surface area contributed by atoms with E-state index in [-0.39, 0.29) is 5.41 Å². The number of anilines is 2. The van der Waals surface area contributed by atoms with Gasteiger partial charge in [0.1, 0.15) is 0 Å².